The predicted molar refractivity (Wildman–Crippen MR) is 85.3 cm³/mol. The fourth-order valence-electron chi connectivity index (χ4n) is 2.39. The number of hydrogen-bond donors (Lipinski definition) is 1. The molecule has 4 nitrogen and oxygen atoms in total. The molecule has 2 aromatic rings. The van der Waals surface area contributed by atoms with E-state index >= 15 is 0 Å². The summed E-state index contributed by atoms with van der Waals surface area (Å²) in [5.41, 5.74) is 8.21. The van der Waals surface area contributed by atoms with Crippen molar-refractivity contribution in [3.05, 3.63) is 30.1 Å². The average molecular weight is 274 g/mol. The van der Waals surface area contributed by atoms with Gasteiger partial charge in [-0.05, 0) is 31.4 Å². The summed E-state index contributed by atoms with van der Waals surface area (Å²) in [6.07, 6.45) is 4.08. The molecule has 0 amide bonds. The van der Waals surface area contributed by atoms with Crippen molar-refractivity contribution >= 4 is 11.5 Å². The lowest BCUT2D eigenvalue weighted by Crippen LogP contribution is -2.24. The van der Waals surface area contributed by atoms with Gasteiger partial charge >= 0.3 is 0 Å². The van der Waals surface area contributed by atoms with Gasteiger partial charge in [0.1, 0.15) is 5.65 Å². The zero-order valence-electron chi connectivity index (χ0n) is 13.0. The Morgan fingerprint density at radius 3 is 2.70 bits per heavy atom. The Labute approximate surface area is 121 Å². The van der Waals surface area contributed by atoms with Crippen molar-refractivity contribution in [2.24, 2.45) is 11.7 Å². The highest BCUT2D eigenvalue weighted by molar-refractivity contribution is 5.55. The van der Waals surface area contributed by atoms with Gasteiger partial charge in [0.05, 0.1) is 5.69 Å². The Balaban J connectivity index is 2.35. The lowest BCUT2D eigenvalue weighted by atomic mass is 10.1. The fourth-order valence-corrected chi connectivity index (χ4v) is 2.39. The van der Waals surface area contributed by atoms with E-state index in [1.54, 1.807) is 0 Å². The molecular formula is C16H26N4. The summed E-state index contributed by atoms with van der Waals surface area (Å²) in [6.45, 7) is 7.56. The minimum absolute atomic E-state index is 0.132. The maximum Gasteiger partial charge on any atom is 0.150 e. The van der Waals surface area contributed by atoms with Crippen LogP contribution in [0.5, 0.6) is 0 Å². The molecule has 0 radical (unpaired) electrons. The van der Waals surface area contributed by atoms with Crippen LogP contribution in [0, 0.1) is 5.92 Å². The molecule has 0 aliphatic heterocycles. The molecule has 1 unspecified atom stereocenters. The van der Waals surface area contributed by atoms with E-state index in [-0.39, 0.29) is 6.04 Å². The molecule has 0 saturated carbocycles. The van der Waals surface area contributed by atoms with Crippen LogP contribution in [0.25, 0.3) is 5.65 Å². The minimum Gasteiger partial charge on any atom is -0.358 e. The van der Waals surface area contributed by atoms with E-state index in [1.807, 2.05) is 25.1 Å². The molecule has 2 heterocycles. The van der Waals surface area contributed by atoms with Gasteiger partial charge in [-0.2, -0.15) is 0 Å². The molecule has 0 fully saturated rings. The van der Waals surface area contributed by atoms with E-state index in [2.05, 4.69) is 36.4 Å². The monoisotopic (exact) mass is 274 g/mol. The number of fused-ring (bicyclic) bond motifs is 1. The van der Waals surface area contributed by atoms with Crippen molar-refractivity contribution in [1.82, 2.24) is 9.38 Å². The zero-order chi connectivity index (χ0) is 14.7. The number of pyridine rings is 1. The number of hydrogen-bond acceptors (Lipinski definition) is 3. The molecule has 2 rings (SSSR count). The van der Waals surface area contributed by atoms with E-state index in [9.17, 15) is 0 Å². The summed E-state index contributed by atoms with van der Waals surface area (Å²) in [4.78, 5) is 7.03. The molecule has 0 aliphatic rings. The van der Waals surface area contributed by atoms with Gasteiger partial charge in [-0.25, -0.2) is 4.98 Å². The van der Waals surface area contributed by atoms with Crippen LogP contribution in [0.15, 0.2) is 24.4 Å². The lowest BCUT2D eigenvalue weighted by molar-refractivity contribution is 0.582. The van der Waals surface area contributed by atoms with Gasteiger partial charge < -0.3 is 15.0 Å². The van der Waals surface area contributed by atoms with E-state index < -0.39 is 0 Å². The molecular weight excluding hydrogens is 248 g/mol. The molecule has 1 atom stereocenters. The third-order valence-corrected chi connectivity index (χ3v) is 3.53. The molecule has 20 heavy (non-hydrogen) atoms. The largest absolute Gasteiger partial charge is 0.358 e. The van der Waals surface area contributed by atoms with E-state index in [1.165, 1.54) is 12.1 Å². The third kappa shape index (κ3) is 3.31. The van der Waals surface area contributed by atoms with Crippen LogP contribution in [-0.2, 0) is 6.42 Å². The van der Waals surface area contributed by atoms with E-state index in [0.717, 1.165) is 24.4 Å². The number of nitrogens with two attached hydrogens (primary N) is 1. The second-order valence-electron chi connectivity index (χ2n) is 6.10. The maximum absolute atomic E-state index is 6.01. The van der Waals surface area contributed by atoms with Gasteiger partial charge in [0.2, 0.25) is 0 Å². The minimum atomic E-state index is 0.132. The maximum atomic E-state index is 6.01. The van der Waals surface area contributed by atoms with Crippen LogP contribution < -0.4 is 10.6 Å². The summed E-state index contributed by atoms with van der Waals surface area (Å²) >= 11 is 0. The van der Waals surface area contributed by atoms with Crippen LogP contribution in [0.1, 0.15) is 32.9 Å². The quantitative estimate of drug-likeness (QED) is 0.881. The second-order valence-corrected chi connectivity index (χ2v) is 6.10. The number of anilines is 1. The fraction of sp³-hybridized carbons (Fsp3) is 0.562. The SMILES string of the molecule is CC(C)CCN(C)c1nc2ccccn2c1CC(C)N. The Morgan fingerprint density at radius 2 is 2.05 bits per heavy atom. The molecule has 0 aromatic carbocycles. The Bertz CT molecular complexity index is 557. The lowest BCUT2D eigenvalue weighted by Gasteiger charge is -2.20. The molecule has 0 aliphatic carbocycles. The molecule has 110 valence electrons. The topological polar surface area (TPSA) is 46.6 Å². The standard InChI is InChI=1S/C16H26N4/c1-12(2)8-10-19(4)16-14(11-13(3)17)20-9-6-5-7-15(20)18-16/h5-7,9,12-13H,8,10-11,17H2,1-4H3. The second kappa shape index (κ2) is 6.27. The molecule has 4 heteroatoms. The van der Waals surface area contributed by atoms with E-state index in [0.29, 0.717) is 5.92 Å². The number of aromatic nitrogens is 2. The third-order valence-electron chi connectivity index (χ3n) is 3.53. The Hall–Kier alpha value is -1.55. The summed E-state index contributed by atoms with van der Waals surface area (Å²) in [5, 5.41) is 0. The van der Waals surface area contributed by atoms with Gasteiger partial charge in [0.25, 0.3) is 0 Å². The van der Waals surface area contributed by atoms with Crippen molar-refractivity contribution in [3.8, 4) is 0 Å². The molecule has 2 N–H and O–H groups in total. The van der Waals surface area contributed by atoms with Crippen LogP contribution in [-0.4, -0.2) is 29.0 Å². The normalized spacial score (nSPS) is 13.1. The highest BCUT2D eigenvalue weighted by Gasteiger charge is 2.16. The average Bonchev–Trinajstić information content (AvgIpc) is 2.74. The van der Waals surface area contributed by atoms with Gasteiger partial charge in [0, 0.05) is 32.3 Å². The summed E-state index contributed by atoms with van der Waals surface area (Å²) < 4.78 is 2.16. The number of imidazole rings is 1. The van der Waals surface area contributed by atoms with Gasteiger partial charge in [-0.15, -0.1) is 0 Å². The van der Waals surface area contributed by atoms with E-state index in [4.69, 9.17) is 10.7 Å². The summed E-state index contributed by atoms with van der Waals surface area (Å²) in [5.74, 6) is 1.76. The number of rotatable bonds is 6. The Morgan fingerprint density at radius 1 is 1.30 bits per heavy atom. The van der Waals surface area contributed by atoms with Crippen LogP contribution >= 0.6 is 0 Å². The summed E-state index contributed by atoms with van der Waals surface area (Å²) in [6, 6.07) is 6.24. The van der Waals surface area contributed by atoms with Crippen LogP contribution in [0.3, 0.4) is 0 Å². The summed E-state index contributed by atoms with van der Waals surface area (Å²) in [7, 11) is 2.12. The smallest absolute Gasteiger partial charge is 0.150 e. The predicted octanol–water partition coefficient (Wildman–Crippen LogP) is 2.71. The van der Waals surface area contributed by atoms with Crippen molar-refractivity contribution < 1.29 is 0 Å². The Kier molecular flexibility index (Phi) is 4.65. The first-order valence-corrected chi connectivity index (χ1v) is 7.41. The van der Waals surface area contributed by atoms with Crippen LogP contribution in [0.4, 0.5) is 5.82 Å². The molecule has 0 spiro atoms. The van der Waals surface area contributed by atoms with Crippen molar-refractivity contribution in [3.63, 3.8) is 0 Å². The first-order valence-electron chi connectivity index (χ1n) is 7.41. The molecule has 2 aromatic heterocycles. The van der Waals surface area contributed by atoms with Gasteiger partial charge in [-0.1, -0.05) is 19.9 Å². The number of nitrogens with zero attached hydrogens (tertiary/aromatic N) is 3. The molecule has 0 bridgehead atoms. The zero-order valence-corrected chi connectivity index (χ0v) is 13.0. The van der Waals surface area contributed by atoms with Crippen molar-refractivity contribution in [2.45, 2.75) is 39.7 Å². The highest BCUT2D eigenvalue weighted by atomic mass is 15.2. The van der Waals surface area contributed by atoms with Crippen molar-refractivity contribution in [1.29, 1.82) is 0 Å². The van der Waals surface area contributed by atoms with Gasteiger partial charge in [0.15, 0.2) is 5.82 Å². The van der Waals surface area contributed by atoms with Crippen molar-refractivity contribution in [2.75, 3.05) is 18.5 Å². The molecule has 0 saturated heterocycles. The van der Waals surface area contributed by atoms with Gasteiger partial charge in [-0.3, -0.25) is 0 Å². The van der Waals surface area contributed by atoms with Crippen LogP contribution in [0.2, 0.25) is 0 Å². The first kappa shape index (κ1) is 14.9. The highest BCUT2D eigenvalue weighted by Crippen LogP contribution is 2.22. The first-order chi connectivity index (χ1) is 9.49.